The first-order valence-electron chi connectivity index (χ1n) is 7.39. The SMILES string of the molecule is CC(C)N(C(=O)CC1CC(CCl)OC(C)(C)O1)C(C)C. The van der Waals surface area contributed by atoms with E-state index in [0.29, 0.717) is 18.7 Å². The molecule has 1 aliphatic rings. The van der Waals surface area contributed by atoms with Gasteiger partial charge in [-0.2, -0.15) is 0 Å². The molecule has 4 nitrogen and oxygen atoms in total. The van der Waals surface area contributed by atoms with Crippen molar-refractivity contribution in [2.75, 3.05) is 5.88 Å². The van der Waals surface area contributed by atoms with Crippen LogP contribution in [0.3, 0.4) is 0 Å². The first-order chi connectivity index (χ1) is 9.16. The van der Waals surface area contributed by atoms with Crippen molar-refractivity contribution in [3.05, 3.63) is 0 Å². The molecule has 2 atom stereocenters. The molecule has 0 bridgehead atoms. The molecule has 0 saturated carbocycles. The second kappa shape index (κ2) is 7.10. The van der Waals surface area contributed by atoms with Gasteiger partial charge in [-0.15, -0.1) is 11.6 Å². The monoisotopic (exact) mass is 305 g/mol. The minimum Gasteiger partial charge on any atom is -0.347 e. The molecule has 0 aliphatic carbocycles. The van der Waals surface area contributed by atoms with Gasteiger partial charge in [0.1, 0.15) is 0 Å². The van der Waals surface area contributed by atoms with Gasteiger partial charge in [0.15, 0.2) is 5.79 Å². The molecule has 0 aromatic heterocycles. The molecule has 1 aliphatic heterocycles. The number of alkyl halides is 1. The largest absolute Gasteiger partial charge is 0.347 e. The lowest BCUT2D eigenvalue weighted by Crippen LogP contribution is -2.49. The van der Waals surface area contributed by atoms with E-state index in [1.54, 1.807) is 0 Å². The van der Waals surface area contributed by atoms with Gasteiger partial charge >= 0.3 is 0 Å². The van der Waals surface area contributed by atoms with Gasteiger partial charge in [0.25, 0.3) is 0 Å². The fourth-order valence-corrected chi connectivity index (χ4v) is 3.10. The highest BCUT2D eigenvalue weighted by atomic mass is 35.5. The Hall–Kier alpha value is -0.320. The van der Waals surface area contributed by atoms with Crippen LogP contribution in [0.2, 0.25) is 0 Å². The molecule has 2 unspecified atom stereocenters. The van der Waals surface area contributed by atoms with Gasteiger partial charge in [-0.25, -0.2) is 0 Å². The lowest BCUT2D eigenvalue weighted by Gasteiger charge is -2.41. The molecular formula is C15H28ClNO3. The molecule has 1 fully saturated rings. The quantitative estimate of drug-likeness (QED) is 0.732. The van der Waals surface area contributed by atoms with E-state index in [2.05, 4.69) is 0 Å². The van der Waals surface area contributed by atoms with E-state index in [9.17, 15) is 4.79 Å². The zero-order chi connectivity index (χ0) is 15.5. The summed E-state index contributed by atoms with van der Waals surface area (Å²) in [6.45, 7) is 11.9. The summed E-state index contributed by atoms with van der Waals surface area (Å²) in [5.74, 6) is -0.121. The molecule has 0 radical (unpaired) electrons. The predicted octanol–water partition coefficient (Wildman–Crippen LogP) is 3.17. The summed E-state index contributed by atoms with van der Waals surface area (Å²) in [5.41, 5.74) is 0. The van der Waals surface area contributed by atoms with Gasteiger partial charge in [0.2, 0.25) is 5.91 Å². The van der Waals surface area contributed by atoms with Gasteiger partial charge in [0, 0.05) is 24.4 Å². The van der Waals surface area contributed by atoms with Crippen LogP contribution in [0.4, 0.5) is 0 Å². The van der Waals surface area contributed by atoms with Crippen LogP contribution >= 0.6 is 11.6 Å². The zero-order valence-electron chi connectivity index (χ0n) is 13.5. The van der Waals surface area contributed by atoms with E-state index in [1.165, 1.54) is 0 Å². The molecule has 1 rings (SSSR count). The highest BCUT2D eigenvalue weighted by Crippen LogP contribution is 2.29. The Balaban J connectivity index is 2.69. The van der Waals surface area contributed by atoms with Gasteiger partial charge in [-0.05, 0) is 41.5 Å². The summed E-state index contributed by atoms with van der Waals surface area (Å²) >= 11 is 5.90. The normalized spacial score (nSPS) is 26.1. The highest BCUT2D eigenvalue weighted by molar-refractivity contribution is 6.18. The van der Waals surface area contributed by atoms with Crippen LogP contribution in [0.1, 0.15) is 54.4 Å². The molecule has 1 saturated heterocycles. The fourth-order valence-electron chi connectivity index (χ4n) is 2.91. The van der Waals surface area contributed by atoms with E-state index >= 15 is 0 Å². The van der Waals surface area contributed by atoms with Crippen molar-refractivity contribution in [1.82, 2.24) is 4.90 Å². The van der Waals surface area contributed by atoms with Crippen LogP contribution in [0, 0.1) is 0 Å². The van der Waals surface area contributed by atoms with Gasteiger partial charge in [0.05, 0.1) is 18.6 Å². The van der Waals surface area contributed by atoms with Crippen molar-refractivity contribution in [3.63, 3.8) is 0 Å². The van der Waals surface area contributed by atoms with Crippen molar-refractivity contribution < 1.29 is 14.3 Å². The third-order valence-electron chi connectivity index (χ3n) is 3.40. The average molecular weight is 306 g/mol. The third kappa shape index (κ3) is 4.90. The molecule has 0 aromatic carbocycles. The van der Waals surface area contributed by atoms with Gasteiger partial charge in [-0.3, -0.25) is 4.79 Å². The number of amides is 1. The van der Waals surface area contributed by atoms with Crippen molar-refractivity contribution in [2.45, 2.75) is 84.5 Å². The molecule has 20 heavy (non-hydrogen) atoms. The van der Waals surface area contributed by atoms with E-state index in [0.717, 1.165) is 0 Å². The van der Waals surface area contributed by atoms with Crippen molar-refractivity contribution in [1.29, 1.82) is 0 Å². The number of nitrogens with zero attached hydrogens (tertiary/aromatic N) is 1. The molecule has 0 N–H and O–H groups in total. The van der Waals surface area contributed by atoms with Gasteiger partial charge < -0.3 is 14.4 Å². The minimum absolute atomic E-state index is 0.0511. The standard InChI is InChI=1S/C15H28ClNO3/c1-10(2)17(11(3)4)14(18)8-12-7-13(9-16)20-15(5,6)19-12/h10-13H,7-9H2,1-6H3. The number of ether oxygens (including phenoxy) is 2. The molecule has 118 valence electrons. The summed E-state index contributed by atoms with van der Waals surface area (Å²) in [6, 6.07) is 0.387. The Kier molecular flexibility index (Phi) is 6.29. The second-order valence-electron chi connectivity index (χ2n) is 6.46. The van der Waals surface area contributed by atoms with E-state index < -0.39 is 5.79 Å². The first kappa shape index (κ1) is 17.7. The van der Waals surface area contributed by atoms with Crippen molar-refractivity contribution in [2.24, 2.45) is 0 Å². The van der Waals surface area contributed by atoms with Crippen molar-refractivity contribution >= 4 is 17.5 Å². The predicted molar refractivity (Wildman–Crippen MR) is 80.9 cm³/mol. The summed E-state index contributed by atoms with van der Waals surface area (Å²) in [6.07, 6.45) is 0.874. The molecule has 1 heterocycles. The Morgan fingerprint density at radius 3 is 2.15 bits per heavy atom. The van der Waals surface area contributed by atoms with Crippen LogP contribution < -0.4 is 0 Å². The van der Waals surface area contributed by atoms with Crippen LogP contribution in [-0.4, -0.2) is 46.8 Å². The Morgan fingerprint density at radius 2 is 1.70 bits per heavy atom. The molecular weight excluding hydrogens is 278 g/mol. The fraction of sp³-hybridized carbons (Fsp3) is 0.933. The first-order valence-corrected chi connectivity index (χ1v) is 7.92. The maximum atomic E-state index is 12.5. The van der Waals surface area contributed by atoms with Crippen LogP contribution in [-0.2, 0) is 14.3 Å². The number of hydrogen-bond acceptors (Lipinski definition) is 3. The summed E-state index contributed by atoms with van der Waals surface area (Å²) < 4.78 is 11.6. The Labute approximate surface area is 127 Å². The third-order valence-corrected chi connectivity index (χ3v) is 3.75. The number of rotatable bonds is 5. The molecule has 0 aromatic rings. The van der Waals surface area contributed by atoms with Crippen molar-refractivity contribution in [3.8, 4) is 0 Å². The summed E-state index contributed by atoms with van der Waals surface area (Å²) in [4.78, 5) is 14.4. The number of hydrogen-bond donors (Lipinski definition) is 0. The van der Waals surface area contributed by atoms with Crippen LogP contribution in [0.25, 0.3) is 0 Å². The Bertz CT molecular complexity index is 323. The van der Waals surface area contributed by atoms with E-state index in [1.807, 2.05) is 46.4 Å². The van der Waals surface area contributed by atoms with Crippen LogP contribution in [0.5, 0.6) is 0 Å². The van der Waals surface area contributed by atoms with Gasteiger partial charge in [-0.1, -0.05) is 0 Å². The van der Waals surface area contributed by atoms with E-state index in [-0.39, 0.29) is 30.2 Å². The maximum absolute atomic E-state index is 12.5. The number of carbonyl (C=O) groups excluding carboxylic acids is 1. The highest BCUT2D eigenvalue weighted by Gasteiger charge is 2.37. The lowest BCUT2D eigenvalue weighted by atomic mass is 10.0. The Morgan fingerprint density at radius 1 is 1.20 bits per heavy atom. The molecule has 0 spiro atoms. The van der Waals surface area contributed by atoms with E-state index in [4.69, 9.17) is 21.1 Å². The zero-order valence-corrected chi connectivity index (χ0v) is 14.2. The smallest absolute Gasteiger partial charge is 0.225 e. The number of halogens is 1. The second-order valence-corrected chi connectivity index (χ2v) is 6.77. The summed E-state index contributed by atoms with van der Waals surface area (Å²) in [7, 11) is 0. The van der Waals surface area contributed by atoms with Crippen LogP contribution in [0.15, 0.2) is 0 Å². The molecule has 1 amide bonds. The lowest BCUT2D eigenvalue weighted by molar-refractivity contribution is -0.295. The topological polar surface area (TPSA) is 38.8 Å². The molecule has 5 heteroatoms. The maximum Gasteiger partial charge on any atom is 0.225 e. The summed E-state index contributed by atoms with van der Waals surface area (Å²) in [5, 5.41) is 0. The number of carbonyl (C=O) groups is 1. The average Bonchev–Trinajstić information content (AvgIpc) is 2.25. The minimum atomic E-state index is -0.677.